The van der Waals surface area contributed by atoms with E-state index in [1.165, 1.54) is 64.2 Å². The lowest BCUT2D eigenvalue weighted by molar-refractivity contribution is -0.247. The van der Waals surface area contributed by atoms with Gasteiger partial charge in [-0.3, -0.25) is 0 Å². The fourth-order valence-electron chi connectivity index (χ4n) is 12.9. The molecule has 4 heteroatoms. The van der Waals surface area contributed by atoms with Gasteiger partial charge in [0.25, 0.3) is 11.5 Å². The molecule has 0 aromatic carbocycles. The molecule has 0 N–H and O–H groups in total. The van der Waals surface area contributed by atoms with Crippen molar-refractivity contribution in [2.75, 3.05) is 0 Å². The minimum Gasteiger partial charge on any atom is -0.449 e. The van der Waals surface area contributed by atoms with E-state index in [-0.39, 0.29) is 12.1 Å². The molecular formula is C34H52O4. The highest BCUT2D eigenvalue weighted by atomic mass is 16.8. The number of carbonyl (C=O) groups is 1. The van der Waals surface area contributed by atoms with E-state index in [2.05, 4.69) is 48.5 Å². The van der Waals surface area contributed by atoms with Crippen molar-refractivity contribution in [3.8, 4) is 0 Å². The van der Waals surface area contributed by atoms with Crippen molar-refractivity contribution in [2.45, 2.75) is 138 Å². The van der Waals surface area contributed by atoms with Gasteiger partial charge in [-0.1, -0.05) is 48.0 Å². The van der Waals surface area contributed by atoms with Crippen LogP contribution in [0.3, 0.4) is 0 Å². The Hall–Kier alpha value is -1.19. The molecule has 7 aliphatic rings. The van der Waals surface area contributed by atoms with Gasteiger partial charge in [-0.2, -0.15) is 0 Å². The number of rotatable bonds is 1. The van der Waals surface area contributed by atoms with Gasteiger partial charge in [0.05, 0.1) is 0 Å². The number of hydrogen-bond donors (Lipinski definition) is 0. The van der Waals surface area contributed by atoms with E-state index < -0.39 is 5.79 Å². The fraction of sp³-hybridized carbons (Fsp3) is 0.912. The highest BCUT2D eigenvalue weighted by Gasteiger charge is 2.70. The summed E-state index contributed by atoms with van der Waals surface area (Å²) in [5.41, 5.74) is 2.02. The highest BCUT2D eigenvalue weighted by Crippen LogP contribution is 2.77. The summed E-state index contributed by atoms with van der Waals surface area (Å²) in [6, 6.07) is 0. The molecule has 5 aliphatic carbocycles. The molecule has 0 aromatic heterocycles. The molecule has 0 saturated heterocycles. The molecule has 7 rings (SSSR count). The average Bonchev–Trinajstić information content (AvgIpc) is 3.43. The molecule has 5 fully saturated rings. The maximum atomic E-state index is 12.5. The third-order valence-corrected chi connectivity index (χ3v) is 14.9. The third-order valence-electron chi connectivity index (χ3n) is 14.9. The fourth-order valence-corrected chi connectivity index (χ4v) is 12.9. The average molecular weight is 525 g/mol. The Kier molecular flexibility index (Phi) is 5.12. The molecule has 5 saturated carbocycles. The standard InChI is InChI=1S/C34H52O4/c1-20-26-27(28(35)36-20)38-34(8,37-26)22-12-16-30(4)18-21-10-11-25-31(5)15-9-14-29(2,3)24(31)13-17-32(25,6)33(21,7)19-23(22)30/h20-25H,9-19H2,1-8H3/t20?,21?,22-,23?,24?,25?,30+,31-,32+,33+,34?/m1/s1. The first-order valence-electron chi connectivity index (χ1n) is 16.0. The quantitative estimate of drug-likeness (QED) is 0.323. The summed E-state index contributed by atoms with van der Waals surface area (Å²) in [4.78, 5) is 12.5. The van der Waals surface area contributed by atoms with Gasteiger partial charge in [-0.15, -0.1) is 0 Å². The van der Waals surface area contributed by atoms with E-state index >= 15 is 0 Å². The van der Waals surface area contributed by atoms with Gasteiger partial charge in [-0.05, 0) is 122 Å². The van der Waals surface area contributed by atoms with Crippen LogP contribution in [0.1, 0.15) is 126 Å². The summed E-state index contributed by atoms with van der Waals surface area (Å²) in [5.74, 6) is 3.23. The van der Waals surface area contributed by atoms with Crippen molar-refractivity contribution in [1.29, 1.82) is 0 Å². The minimum absolute atomic E-state index is 0.306. The molecular weight excluding hydrogens is 472 g/mol. The summed E-state index contributed by atoms with van der Waals surface area (Å²) < 4.78 is 18.4. The van der Waals surface area contributed by atoms with Crippen LogP contribution < -0.4 is 0 Å². The Balaban J connectivity index is 1.22. The summed E-state index contributed by atoms with van der Waals surface area (Å²) in [6.07, 6.45) is 14.5. The summed E-state index contributed by atoms with van der Waals surface area (Å²) >= 11 is 0. The Labute approximate surface area is 231 Å². The van der Waals surface area contributed by atoms with Gasteiger partial charge in [-0.25, -0.2) is 4.79 Å². The summed E-state index contributed by atoms with van der Waals surface area (Å²) in [6.45, 7) is 19.9. The van der Waals surface area contributed by atoms with Crippen LogP contribution in [0.5, 0.6) is 0 Å². The van der Waals surface area contributed by atoms with E-state index in [1.807, 2.05) is 6.92 Å². The predicted octanol–water partition coefficient (Wildman–Crippen LogP) is 8.40. The first-order valence-corrected chi connectivity index (χ1v) is 16.0. The van der Waals surface area contributed by atoms with Crippen LogP contribution in [-0.2, 0) is 19.0 Å². The Morgan fingerprint density at radius 1 is 0.737 bits per heavy atom. The monoisotopic (exact) mass is 524 g/mol. The lowest BCUT2D eigenvalue weighted by Crippen LogP contribution is -2.65. The van der Waals surface area contributed by atoms with Gasteiger partial charge in [0.15, 0.2) is 11.9 Å². The molecule has 0 radical (unpaired) electrons. The molecule has 2 aliphatic heterocycles. The van der Waals surface area contributed by atoms with Crippen LogP contribution >= 0.6 is 0 Å². The zero-order valence-corrected chi connectivity index (χ0v) is 25.4. The van der Waals surface area contributed by atoms with E-state index in [4.69, 9.17) is 14.2 Å². The number of fused-ring (bicyclic) bond motifs is 6. The smallest absolute Gasteiger partial charge is 0.378 e. The highest BCUT2D eigenvalue weighted by molar-refractivity contribution is 5.90. The molecule has 38 heavy (non-hydrogen) atoms. The SMILES string of the molecule is CC1OC(=O)C2=C1OC(C)([C@@H]1CC[C@@]3(C)CC4CCC5[C@]6(C)CCCC(C)(C)C6CC[C@]5(C)[C@@]4(C)CC13)O2. The molecule has 4 nitrogen and oxygen atoms in total. The van der Waals surface area contributed by atoms with Gasteiger partial charge in [0, 0.05) is 12.8 Å². The molecule has 2 heterocycles. The van der Waals surface area contributed by atoms with E-state index in [9.17, 15) is 4.79 Å². The summed E-state index contributed by atoms with van der Waals surface area (Å²) in [7, 11) is 0. The van der Waals surface area contributed by atoms with Crippen molar-refractivity contribution in [3.63, 3.8) is 0 Å². The van der Waals surface area contributed by atoms with Gasteiger partial charge in [0.1, 0.15) is 0 Å². The second-order valence-corrected chi connectivity index (χ2v) is 16.9. The van der Waals surface area contributed by atoms with Crippen molar-refractivity contribution in [3.05, 3.63) is 11.5 Å². The van der Waals surface area contributed by atoms with Gasteiger partial charge in [0.2, 0.25) is 0 Å². The van der Waals surface area contributed by atoms with Crippen LogP contribution in [0.4, 0.5) is 0 Å². The second-order valence-electron chi connectivity index (χ2n) is 16.9. The van der Waals surface area contributed by atoms with Crippen LogP contribution in [0.2, 0.25) is 0 Å². The molecule has 0 bridgehead atoms. The zero-order valence-electron chi connectivity index (χ0n) is 25.4. The Morgan fingerprint density at radius 2 is 1.50 bits per heavy atom. The topological polar surface area (TPSA) is 44.8 Å². The molecule has 0 amide bonds. The van der Waals surface area contributed by atoms with E-state index in [0.717, 1.165) is 24.2 Å². The number of cyclic esters (lactones) is 1. The van der Waals surface area contributed by atoms with E-state index in [0.29, 0.717) is 50.4 Å². The minimum atomic E-state index is -0.754. The van der Waals surface area contributed by atoms with Crippen molar-refractivity contribution in [1.82, 2.24) is 0 Å². The zero-order chi connectivity index (χ0) is 27.1. The molecule has 0 aromatic rings. The normalized spacial score (nSPS) is 56.6. The maximum Gasteiger partial charge on any atom is 0.378 e. The number of esters is 1. The maximum absolute atomic E-state index is 12.5. The lowest BCUT2D eigenvalue weighted by atomic mass is 9.33. The lowest BCUT2D eigenvalue weighted by Gasteiger charge is -2.72. The second kappa shape index (κ2) is 7.55. The van der Waals surface area contributed by atoms with Crippen molar-refractivity contribution < 1.29 is 19.0 Å². The summed E-state index contributed by atoms with van der Waals surface area (Å²) in [5, 5.41) is 0. The van der Waals surface area contributed by atoms with Crippen LogP contribution in [0.15, 0.2) is 11.5 Å². The third kappa shape index (κ3) is 3.02. The molecule has 0 spiro atoms. The largest absolute Gasteiger partial charge is 0.449 e. The number of ether oxygens (including phenoxy) is 3. The van der Waals surface area contributed by atoms with Crippen molar-refractivity contribution in [2.24, 2.45) is 56.7 Å². The van der Waals surface area contributed by atoms with Gasteiger partial charge >= 0.3 is 5.97 Å². The van der Waals surface area contributed by atoms with Crippen molar-refractivity contribution >= 4 is 5.97 Å². The number of hydrogen-bond acceptors (Lipinski definition) is 4. The molecule has 6 unspecified atom stereocenters. The van der Waals surface area contributed by atoms with Gasteiger partial charge < -0.3 is 14.2 Å². The Morgan fingerprint density at radius 3 is 2.24 bits per heavy atom. The first kappa shape index (κ1) is 25.8. The predicted molar refractivity (Wildman–Crippen MR) is 148 cm³/mol. The van der Waals surface area contributed by atoms with Crippen LogP contribution in [-0.4, -0.2) is 17.9 Å². The first-order chi connectivity index (χ1) is 17.7. The molecule has 11 atom stereocenters. The van der Waals surface area contributed by atoms with E-state index in [1.54, 1.807) is 0 Å². The van der Waals surface area contributed by atoms with Crippen LogP contribution in [0, 0.1) is 56.7 Å². The molecule has 212 valence electrons. The Bertz CT molecular complexity index is 1090. The number of carbonyl (C=O) groups excluding carboxylic acids is 1. The van der Waals surface area contributed by atoms with Crippen LogP contribution in [0.25, 0.3) is 0 Å².